The highest BCUT2D eigenvalue weighted by Crippen LogP contribution is 2.10. The van der Waals surface area contributed by atoms with Crippen LogP contribution in [0.25, 0.3) is 0 Å². The molecular formula is C14H22N2O3. The monoisotopic (exact) mass is 266 g/mol. The fraction of sp³-hybridized carbons (Fsp3) is 0.571. The smallest absolute Gasteiger partial charge is 0.305 e. The second-order valence-corrected chi connectivity index (χ2v) is 5.15. The molecule has 0 saturated carbocycles. The maximum absolute atomic E-state index is 12.0. The van der Waals surface area contributed by atoms with Gasteiger partial charge in [0.1, 0.15) is 5.69 Å². The summed E-state index contributed by atoms with van der Waals surface area (Å²) in [5.74, 6) is -0.808. The van der Waals surface area contributed by atoms with Crippen LogP contribution in [0.15, 0.2) is 12.1 Å². The molecule has 3 N–H and O–H groups in total. The van der Waals surface area contributed by atoms with E-state index < -0.39 is 5.97 Å². The first-order valence-electron chi connectivity index (χ1n) is 6.62. The van der Waals surface area contributed by atoms with E-state index in [4.69, 9.17) is 5.11 Å². The lowest BCUT2D eigenvalue weighted by atomic mass is 10.0. The topological polar surface area (TPSA) is 82.2 Å². The van der Waals surface area contributed by atoms with Gasteiger partial charge in [0.25, 0.3) is 5.91 Å². The Hall–Kier alpha value is -1.78. The van der Waals surface area contributed by atoms with E-state index in [2.05, 4.69) is 10.3 Å². The number of carbonyl (C=O) groups is 2. The minimum absolute atomic E-state index is 0.0503. The lowest BCUT2D eigenvalue weighted by Crippen LogP contribution is -2.37. The number of amides is 1. The normalized spacial score (nSPS) is 12.4. The molecule has 0 aliphatic heterocycles. The van der Waals surface area contributed by atoms with Crippen LogP contribution >= 0.6 is 0 Å². The molecule has 0 aliphatic rings. The number of aromatic nitrogens is 1. The lowest BCUT2D eigenvalue weighted by Gasteiger charge is -2.18. The van der Waals surface area contributed by atoms with E-state index in [1.165, 1.54) is 0 Å². The Balaban J connectivity index is 2.66. The minimum atomic E-state index is -0.897. The van der Waals surface area contributed by atoms with Crippen molar-refractivity contribution in [2.45, 2.75) is 46.1 Å². The van der Waals surface area contributed by atoms with Crippen molar-refractivity contribution in [1.29, 1.82) is 0 Å². The van der Waals surface area contributed by atoms with Crippen LogP contribution < -0.4 is 5.32 Å². The summed E-state index contributed by atoms with van der Waals surface area (Å²) in [6, 6.07) is 3.25. The van der Waals surface area contributed by atoms with Gasteiger partial charge in [-0.05, 0) is 30.9 Å². The fourth-order valence-electron chi connectivity index (χ4n) is 2.02. The zero-order valence-corrected chi connectivity index (χ0v) is 11.7. The van der Waals surface area contributed by atoms with Crippen molar-refractivity contribution in [2.75, 3.05) is 0 Å². The van der Waals surface area contributed by atoms with E-state index in [0.717, 1.165) is 12.1 Å². The van der Waals surface area contributed by atoms with E-state index in [-0.39, 0.29) is 18.4 Å². The first-order chi connectivity index (χ1) is 8.92. The van der Waals surface area contributed by atoms with Crippen molar-refractivity contribution in [2.24, 2.45) is 5.92 Å². The summed E-state index contributed by atoms with van der Waals surface area (Å²) in [5.41, 5.74) is 1.47. The van der Waals surface area contributed by atoms with Crippen molar-refractivity contribution in [3.05, 3.63) is 23.5 Å². The van der Waals surface area contributed by atoms with Gasteiger partial charge in [0.2, 0.25) is 0 Å². The molecule has 1 amide bonds. The molecule has 1 atom stereocenters. The first kappa shape index (κ1) is 15.3. The molecule has 19 heavy (non-hydrogen) atoms. The number of hydrogen-bond acceptors (Lipinski definition) is 2. The second-order valence-electron chi connectivity index (χ2n) is 5.15. The minimum Gasteiger partial charge on any atom is -0.481 e. The van der Waals surface area contributed by atoms with Crippen LogP contribution in [0.3, 0.4) is 0 Å². The summed E-state index contributed by atoms with van der Waals surface area (Å²) >= 11 is 0. The molecule has 1 heterocycles. The Labute approximate surface area is 113 Å². The molecule has 0 aromatic carbocycles. The van der Waals surface area contributed by atoms with E-state index in [1.807, 2.05) is 26.8 Å². The van der Waals surface area contributed by atoms with Crippen LogP contribution in [0.2, 0.25) is 0 Å². The Morgan fingerprint density at radius 2 is 2.05 bits per heavy atom. The SMILES string of the molecule is CCc1ccc(C(=O)NC(CC(=O)O)CC(C)C)[nH]1. The number of aryl methyl sites for hydroxylation is 1. The quantitative estimate of drug-likeness (QED) is 0.707. The molecule has 5 heteroatoms. The van der Waals surface area contributed by atoms with E-state index in [9.17, 15) is 9.59 Å². The van der Waals surface area contributed by atoms with E-state index in [0.29, 0.717) is 18.0 Å². The zero-order valence-electron chi connectivity index (χ0n) is 11.7. The van der Waals surface area contributed by atoms with Crippen molar-refractivity contribution in [1.82, 2.24) is 10.3 Å². The van der Waals surface area contributed by atoms with E-state index >= 15 is 0 Å². The molecule has 0 fully saturated rings. The summed E-state index contributed by atoms with van der Waals surface area (Å²) in [6.07, 6.45) is 1.43. The van der Waals surface area contributed by atoms with Gasteiger partial charge >= 0.3 is 5.97 Å². The summed E-state index contributed by atoms with van der Waals surface area (Å²) in [7, 11) is 0. The van der Waals surface area contributed by atoms with Gasteiger partial charge in [-0.1, -0.05) is 20.8 Å². The van der Waals surface area contributed by atoms with Crippen LogP contribution in [0.4, 0.5) is 0 Å². The maximum Gasteiger partial charge on any atom is 0.305 e. The molecule has 0 radical (unpaired) electrons. The van der Waals surface area contributed by atoms with Gasteiger partial charge in [-0.25, -0.2) is 0 Å². The maximum atomic E-state index is 12.0. The van der Waals surface area contributed by atoms with Crippen LogP contribution in [0.5, 0.6) is 0 Å². The third-order valence-electron chi connectivity index (χ3n) is 2.88. The number of hydrogen-bond donors (Lipinski definition) is 3. The highest BCUT2D eigenvalue weighted by atomic mass is 16.4. The Morgan fingerprint density at radius 3 is 2.53 bits per heavy atom. The third kappa shape index (κ3) is 5.16. The molecule has 5 nitrogen and oxygen atoms in total. The molecule has 0 spiro atoms. The molecule has 0 aliphatic carbocycles. The molecule has 0 bridgehead atoms. The van der Waals surface area contributed by atoms with Crippen LogP contribution in [0.1, 0.15) is 49.8 Å². The molecule has 1 unspecified atom stereocenters. The van der Waals surface area contributed by atoms with Crippen molar-refractivity contribution >= 4 is 11.9 Å². The van der Waals surface area contributed by atoms with Gasteiger partial charge < -0.3 is 15.4 Å². The summed E-state index contributed by atoms with van der Waals surface area (Å²) in [5, 5.41) is 11.6. The number of nitrogens with one attached hydrogen (secondary N) is 2. The van der Waals surface area contributed by atoms with Crippen molar-refractivity contribution in [3.63, 3.8) is 0 Å². The number of aromatic amines is 1. The van der Waals surface area contributed by atoms with Gasteiger partial charge in [-0.3, -0.25) is 9.59 Å². The number of carbonyl (C=O) groups excluding carboxylic acids is 1. The standard InChI is InChI=1S/C14H22N2O3/c1-4-10-5-6-12(15-10)14(19)16-11(7-9(2)3)8-13(17)18/h5-6,9,11,15H,4,7-8H2,1-3H3,(H,16,19)(H,17,18). The Kier molecular flexibility index (Phi) is 5.60. The number of rotatable bonds is 7. The van der Waals surface area contributed by atoms with Crippen molar-refractivity contribution < 1.29 is 14.7 Å². The Bertz CT molecular complexity index is 438. The largest absolute Gasteiger partial charge is 0.481 e. The zero-order chi connectivity index (χ0) is 14.4. The summed E-state index contributed by atoms with van der Waals surface area (Å²) in [6.45, 7) is 6.01. The highest BCUT2D eigenvalue weighted by Gasteiger charge is 2.18. The molecule has 1 rings (SSSR count). The van der Waals surface area contributed by atoms with Crippen LogP contribution in [-0.4, -0.2) is 28.0 Å². The number of aliphatic carboxylic acids is 1. The molecule has 1 aromatic rings. The lowest BCUT2D eigenvalue weighted by molar-refractivity contribution is -0.137. The number of carboxylic acid groups (broad SMARTS) is 1. The number of carboxylic acids is 1. The predicted molar refractivity (Wildman–Crippen MR) is 73.1 cm³/mol. The van der Waals surface area contributed by atoms with Gasteiger partial charge in [0.05, 0.1) is 6.42 Å². The van der Waals surface area contributed by atoms with Gasteiger partial charge in [-0.2, -0.15) is 0 Å². The third-order valence-corrected chi connectivity index (χ3v) is 2.88. The molecular weight excluding hydrogens is 244 g/mol. The Morgan fingerprint density at radius 1 is 1.37 bits per heavy atom. The molecule has 106 valence electrons. The summed E-state index contributed by atoms with van der Waals surface area (Å²) in [4.78, 5) is 25.8. The molecule has 1 aromatic heterocycles. The van der Waals surface area contributed by atoms with Crippen molar-refractivity contribution in [3.8, 4) is 0 Å². The average molecular weight is 266 g/mol. The first-order valence-corrected chi connectivity index (χ1v) is 6.62. The van der Waals surface area contributed by atoms with Gasteiger partial charge in [-0.15, -0.1) is 0 Å². The highest BCUT2D eigenvalue weighted by molar-refractivity contribution is 5.93. The average Bonchev–Trinajstić information content (AvgIpc) is 2.75. The number of H-pyrrole nitrogens is 1. The summed E-state index contributed by atoms with van der Waals surface area (Å²) < 4.78 is 0. The van der Waals surface area contributed by atoms with E-state index in [1.54, 1.807) is 6.07 Å². The van der Waals surface area contributed by atoms with Crippen LogP contribution in [0, 0.1) is 5.92 Å². The fourth-order valence-corrected chi connectivity index (χ4v) is 2.02. The van der Waals surface area contributed by atoms with Gasteiger partial charge in [0.15, 0.2) is 0 Å². The predicted octanol–water partition coefficient (Wildman–Crippen LogP) is 2.20. The van der Waals surface area contributed by atoms with Gasteiger partial charge in [0, 0.05) is 11.7 Å². The second kappa shape index (κ2) is 6.97. The van der Waals surface area contributed by atoms with Crippen LogP contribution in [-0.2, 0) is 11.2 Å². The molecule has 0 saturated heterocycles.